The lowest BCUT2D eigenvalue weighted by molar-refractivity contribution is 0.214. The minimum Gasteiger partial charge on any atom is -0.490 e. The Hall–Kier alpha value is -2.07. The largest absolute Gasteiger partial charge is 0.490 e. The smallest absolute Gasteiger partial charge is 0.161 e. The van der Waals surface area contributed by atoms with Gasteiger partial charge in [0.2, 0.25) is 0 Å². The molecule has 1 N–H and O–H groups in total. The van der Waals surface area contributed by atoms with Crippen LogP contribution in [0.5, 0.6) is 11.5 Å². The number of aliphatic hydroxyl groups is 1. The molecule has 4 heteroatoms. The zero-order chi connectivity index (χ0) is 13.1. The first-order chi connectivity index (χ1) is 9.34. The highest BCUT2D eigenvalue weighted by Gasteiger charge is 2.16. The number of aliphatic hydroxyl groups excluding tert-OH is 1. The molecule has 1 aliphatic rings. The monoisotopic (exact) mass is 257 g/mol. The van der Waals surface area contributed by atoms with Gasteiger partial charge in [0.15, 0.2) is 11.5 Å². The molecule has 1 atom stereocenters. The average molecular weight is 257 g/mol. The Morgan fingerprint density at radius 3 is 2.68 bits per heavy atom. The molecule has 0 bridgehead atoms. The maximum Gasteiger partial charge on any atom is 0.161 e. The van der Waals surface area contributed by atoms with Crippen molar-refractivity contribution in [2.45, 2.75) is 12.5 Å². The lowest BCUT2D eigenvalue weighted by Crippen LogP contribution is -2.02. The van der Waals surface area contributed by atoms with Crippen molar-refractivity contribution in [2.75, 3.05) is 13.2 Å². The predicted molar refractivity (Wildman–Crippen MR) is 70.3 cm³/mol. The van der Waals surface area contributed by atoms with Crippen LogP contribution in [0.4, 0.5) is 0 Å². The average Bonchev–Trinajstić information content (AvgIpc) is 2.72. The van der Waals surface area contributed by atoms with Crippen molar-refractivity contribution in [2.24, 2.45) is 0 Å². The summed E-state index contributed by atoms with van der Waals surface area (Å²) in [5.74, 6) is 1.42. The summed E-state index contributed by atoms with van der Waals surface area (Å²) in [5.41, 5.74) is 1.37. The van der Waals surface area contributed by atoms with Crippen molar-refractivity contribution in [3.63, 3.8) is 0 Å². The van der Waals surface area contributed by atoms with Gasteiger partial charge in [-0.25, -0.2) is 0 Å². The van der Waals surface area contributed by atoms with Crippen LogP contribution in [0, 0.1) is 0 Å². The number of aromatic nitrogens is 1. The van der Waals surface area contributed by atoms with Crippen LogP contribution in [0.25, 0.3) is 0 Å². The summed E-state index contributed by atoms with van der Waals surface area (Å²) in [4.78, 5) is 4.16. The summed E-state index contributed by atoms with van der Waals surface area (Å²) in [5, 5.41) is 10.3. The van der Waals surface area contributed by atoms with Crippen LogP contribution in [0.2, 0.25) is 0 Å². The van der Waals surface area contributed by atoms with Gasteiger partial charge < -0.3 is 14.6 Å². The molecule has 0 aliphatic carbocycles. The molecule has 0 saturated heterocycles. The highest BCUT2D eigenvalue weighted by atomic mass is 16.5. The van der Waals surface area contributed by atoms with Crippen molar-refractivity contribution >= 4 is 0 Å². The van der Waals surface area contributed by atoms with Gasteiger partial charge in [0.1, 0.15) is 6.10 Å². The summed E-state index contributed by atoms with van der Waals surface area (Å²) >= 11 is 0. The van der Waals surface area contributed by atoms with E-state index in [4.69, 9.17) is 9.47 Å². The van der Waals surface area contributed by atoms with Crippen LogP contribution in [-0.4, -0.2) is 23.3 Å². The minimum absolute atomic E-state index is 0.622. The first-order valence-electron chi connectivity index (χ1n) is 6.33. The number of rotatable bonds is 2. The lowest BCUT2D eigenvalue weighted by atomic mass is 10.1. The summed E-state index contributed by atoms with van der Waals surface area (Å²) in [7, 11) is 0. The highest BCUT2D eigenvalue weighted by Crippen LogP contribution is 2.33. The molecule has 2 aromatic rings. The minimum atomic E-state index is -0.752. The number of benzene rings is 1. The van der Waals surface area contributed by atoms with Gasteiger partial charge in [-0.2, -0.15) is 0 Å². The van der Waals surface area contributed by atoms with Gasteiger partial charge in [0.25, 0.3) is 0 Å². The summed E-state index contributed by atoms with van der Waals surface area (Å²) in [6.07, 6.45) is 1.78. The van der Waals surface area contributed by atoms with Crippen LogP contribution < -0.4 is 9.47 Å². The molecule has 98 valence electrons. The Labute approximate surface area is 111 Å². The van der Waals surface area contributed by atoms with Gasteiger partial charge in [-0.1, -0.05) is 12.1 Å². The number of pyridine rings is 1. The zero-order valence-corrected chi connectivity index (χ0v) is 10.5. The van der Waals surface area contributed by atoms with Gasteiger partial charge in [-0.05, 0) is 29.8 Å². The van der Waals surface area contributed by atoms with Gasteiger partial charge >= 0.3 is 0 Å². The number of ether oxygens (including phenoxy) is 2. The standard InChI is InChI=1S/C15H15NO3/c17-15(12-4-1-2-7-16-12)11-5-6-13-14(10-11)19-9-3-8-18-13/h1-2,4-7,10,15,17H,3,8-9H2. The molecule has 1 aliphatic heterocycles. The Balaban J connectivity index is 1.91. The lowest BCUT2D eigenvalue weighted by Gasteiger charge is -2.13. The van der Waals surface area contributed by atoms with Crippen molar-refractivity contribution < 1.29 is 14.6 Å². The first kappa shape index (κ1) is 12.0. The Kier molecular flexibility index (Phi) is 3.33. The third-order valence-electron chi connectivity index (χ3n) is 3.06. The molecule has 1 aromatic heterocycles. The van der Waals surface area contributed by atoms with E-state index in [0.717, 1.165) is 17.7 Å². The topological polar surface area (TPSA) is 51.6 Å². The third-order valence-corrected chi connectivity index (χ3v) is 3.06. The third kappa shape index (κ3) is 2.53. The second kappa shape index (κ2) is 5.28. The Morgan fingerprint density at radius 1 is 1.05 bits per heavy atom. The molecular formula is C15H15NO3. The van der Waals surface area contributed by atoms with Gasteiger partial charge in [0.05, 0.1) is 18.9 Å². The van der Waals surface area contributed by atoms with Crippen molar-refractivity contribution in [1.82, 2.24) is 4.98 Å². The van der Waals surface area contributed by atoms with E-state index in [2.05, 4.69) is 4.98 Å². The Morgan fingerprint density at radius 2 is 1.89 bits per heavy atom. The van der Waals surface area contributed by atoms with Crippen molar-refractivity contribution in [1.29, 1.82) is 0 Å². The SMILES string of the molecule is OC(c1ccc2c(c1)OCCCO2)c1ccccn1. The molecule has 0 radical (unpaired) electrons. The summed E-state index contributed by atoms with van der Waals surface area (Å²) in [6, 6.07) is 11.0. The van der Waals surface area contributed by atoms with Gasteiger partial charge in [-0.15, -0.1) is 0 Å². The van der Waals surface area contributed by atoms with E-state index in [1.165, 1.54) is 0 Å². The molecule has 2 heterocycles. The second-order valence-corrected chi connectivity index (χ2v) is 4.41. The molecule has 0 amide bonds. The molecule has 1 unspecified atom stereocenters. The van der Waals surface area contributed by atoms with Crippen LogP contribution in [0.1, 0.15) is 23.8 Å². The summed E-state index contributed by atoms with van der Waals surface area (Å²) < 4.78 is 11.2. The van der Waals surface area contributed by atoms with Crippen LogP contribution in [-0.2, 0) is 0 Å². The first-order valence-corrected chi connectivity index (χ1v) is 6.33. The maximum atomic E-state index is 10.3. The van der Waals surface area contributed by atoms with E-state index in [9.17, 15) is 5.11 Å². The second-order valence-electron chi connectivity index (χ2n) is 4.41. The molecular weight excluding hydrogens is 242 g/mol. The fourth-order valence-corrected chi connectivity index (χ4v) is 2.06. The van der Waals surface area contributed by atoms with Crippen molar-refractivity contribution in [3.8, 4) is 11.5 Å². The number of fused-ring (bicyclic) bond motifs is 1. The van der Waals surface area contributed by atoms with Gasteiger partial charge in [0, 0.05) is 12.6 Å². The van der Waals surface area contributed by atoms with E-state index >= 15 is 0 Å². The van der Waals surface area contributed by atoms with Crippen LogP contribution in [0.15, 0.2) is 42.6 Å². The van der Waals surface area contributed by atoms with Crippen LogP contribution >= 0.6 is 0 Å². The van der Waals surface area contributed by atoms with Gasteiger partial charge in [-0.3, -0.25) is 4.98 Å². The number of hydrogen-bond donors (Lipinski definition) is 1. The Bertz CT molecular complexity index is 557. The van der Waals surface area contributed by atoms with Crippen molar-refractivity contribution in [3.05, 3.63) is 53.9 Å². The van der Waals surface area contributed by atoms with E-state index in [0.29, 0.717) is 24.7 Å². The van der Waals surface area contributed by atoms with E-state index in [-0.39, 0.29) is 0 Å². The number of nitrogens with zero attached hydrogens (tertiary/aromatic N) is 1. The predicted octanol–water partition coefficient (Wildman–Crippen LogP) is 2.32. The van der Waals surface area contributed by atoms with E-state index in [1.54, 1.807) is 12.3 Å². The quantitative estimate of drug-likeness (QED) is 0.897. The highest BCUT2D eigenvalue weighted by molar-refractivity contribution is 5.45. The summed E-state index contributed by atoms with van der Waals surface area (Å²) in [6.45, 7) is 1.30. The molecule has 0 fully saturated rings. The van der Waals surface area contributed by atoms with E-state index < -0.39 is 6.10 Å². The fraction of sp³-hybridized carbons (Fsp3) is 0.267. The van der Waals surface area contributed by atoms with E-state index in [1.807, 2.05) is 30.3 Å². The number of hydrogen-bond acceptors (Lipinski definition) is 4. The normalized spacial score (nSPS) is 15.6. The molecule has 0 saturated carbocycles. The molecule has 19 heavy (non-hydrogen) atoms. The molecule has 0 spiro atoms. The molecule has 3 rings (SSSR count). The fourth-order valence-electron chi connectivity index (χ4n) is 2.06. The maximum absolute atomic E-state index is 10.3. The molecule has 4 nitrogen and oxygen atoms in total. The zero-order valence-electron chi connectivity index (χ0n) is 10.5. The molecule has 1 aromatic carbocycles. The van der Waals surface area contributed by atoms with Crippen LogP contribution in [0.3, 0.4) is 0 Å².